The number of carbonyl (C=O) groups is 2. The van der Waals surface area contributed by atoms with E-state index in [4.69, 9.17) is 4.52 Å². The van der Waals surface area contributed by atoms with Crippen LogP contribution >= 0.6 is 0 Å². The third kappa shape index (κ3) is 4.29. The Morgan fingerprint density at radius 3 is 2.15 bits per heavy atom. The first-order valence-corrected chi connectivity index (χ1v) is 11.2. The van der Waals surface area contributed by atoms with Crippen LogP contribution in [0, 0.1) is 6.92 Å². The minimum atomic E-state index is -0.167. The van der Waals surface area contributed by atoms with E-state index in [2.05, 4.69) is 10.5 Å². The second-order valence-electron chi connectivity index (χ2n) is 8.48. The van der Waals surface area contributed by atoms with Crippen molar-refractivity contribution >= 4 is 39.4 Å². The molecule has 0 saturated carbocycles. The highest BCUT2D eigenvalue weighted by atomic mass is 16.5. The third-order valence-corrected chi connectivity index (χ3v) is 6.16. The van der Waals surface area contributed by atoms with Gasteiger partial charge in [0.2, 0.25) is 11.8 Å². The van der Waals surface area contributed by atoms with Crippen molar-refractivity contribution in [2.45, 2.75) is 13.5 Å². The quantitative estimate of drug-likeness (QED) is 0.460. The summed E-state index contributed by atoms with van der Waals surface area (Å²) in [5.41, 5.74) is 1.47. The fourth-order valence-electron chi connectivity index (χ4n) is 4.45. The number of nitrogens with zero attached hydrogens (tertiary/aromatic N) is 4. The Morgan fingerprint density at radius 2 is 1.56 bits per heavy atom. The lowest BCUT2D eigenvalue weighted by atomic mass is 10.1. The lowest BCUT2D eigenvalue weighted by molar-refractivity contribution is -0.133. The highest BCUT2D eigenvalue weighted by molar-refractivity contribution is 5.95. The van der Waals surface area contributed by atoms with Crippen molar-refractivity contribution in [1.29, 1.82) is 0 Å². The number of carbonyl (C=O) groups excluding carboxylic acids is 2. The standard InChI is InChI=1S/C25H25N5O4/c1-17-14-22(27-34-17)26-23(31)15-28-10-12-29(13-11-28)24(32)16-30-20-8-4-2-6-18(20)25(33)19-7-3-5-9-21(19)30/h2-9,14H,10-13,15-16H2,1H3,(H,26,27,31). The van der Waals surface area contributed by atoms with E-state index >= 15 is 0 Å². The number of pyridine rings is 1. The Hall–Kier alpha value is -3.98. The summed E-state index contributed by atoms with van der Waals surface area (Å²) in [7, 11) is 0. The van der Waals surface area contributed by atoms with Crippen LogP contribution in [0.2, 0.25) is 0 Å². The Morgan fingerprint density at radius 1 is 0.941 bits per heavy atom. The van der Waals surface area contributed by atoms with Crippen LogP contribution in [0.1, 0.15) is 5.76 Å². The van der Waals surface area contributed by atoms with E-state index in [1.807, 2.05) is 50.8 Å². The number of amides is 2. The van der Waals surface area contributed by atoms with Crippen LogP contribution in [0.4, 0.5) is 5.82 Å². The normalized spacial score (nSPS) is 14.6. The molecule has 2 aromatic carbocycles. The van der Waals surface area contributed by atoms with E-state index in [0.717, 1.165) is 11.0 Å². The molecule has 0 bridgehead atoms. The molecule has 4 aromatic rings. The lowest BCUT2D eigenvalue weighted by Crippen LogP contribution is -2.51. The second kappa shape index (κ2) is 9.11. The first-order chi connectivity index (χ1) is 16.5. The highest BCUT2D eigenvalue weighted by Gasteiger charge is 2.24. The molecular formula is C25H25N5O4. The van der Waals surface area contributed by atoms with Crippen LogP contribution in [0.5, 0.6) is 0 Å². The molecule has 174 valence electrons. The van der Waals surface area contributed by atoms with Crippen LogP contribution < -0.4 is 10.7 Å². The maximum atomic E-state index is 13.2. The van der Waals surface area contributed by atoms with E-state index in [1.54, 1.807) is 25.1 Å². The van der Waals surface area contributed by atoms with Crippen LogP contribution in [0.3, 0.4) is 0 Å². The smallest absolute Gasteiger partial charge is 0.242 e. The molecule has 34 heavy (non-hydrogen) atoms. The van der Waals surface area contributed by atoms with Gasteiger partial charge in [-0.25, -0.2) is 0 Å². The lowest BCUT2D eigenvalue weighted by Gasteiger charge is -2.34. The number of rotatable bonds is 5. The van der Waals surface area contributed by atoms with E-state index in [0.29, 0.717) is 48.5 Å². The minimum Gasteiger partial charge on any atom is -0.360 e. The summed E-state index contributed by atoms with van der Waals surface area (Å²) in [6.07, 6.45) is 0. The predicted octanol–water partition coefficient (Wildman–Crippen LogP) is 2.23. The van der Waals surface area contributed by atoms with Gasteiger partial charge in [-0.3, -0.25) is 19.3 Å². The molecule has 0 spiro atoms. The van der Waals surface area contributed by atoms with Gasteiger partial charge in [-0.2, -0.15) is 0 Å². The summed E-state index contributed by atoms with van der Waals surface area (Å²) in [6.45, 7) is 4.40. The van der Waals surface area contributed by atoms with Crippen LogP contribution in [-0.4, -0.2) is 64.1 Å². The Labute approximate surface area is 195 Å². The number of piperazine rings is 1. The molecule has 1 saturated heterocycles. The number of para-hydroxylation sites is 2. The summed E-state index contributed by atoms with van der Waals surface area (Å²) in [5, 5.41) is 7.70. The van der Waals surface area contributed by atoms with Gasteiger partial charge in [0.25, 0.3) is 0 Å². The van der Waals surface area contributed by atoms with Gasteiger partial charge in [0.1, 0.15) is 12.3 Å². The topological polar surface area (TPSA) is 101 Å². The zero-order valence-electron chi connectivity index (χ0n) is 18.9. The van der Waals surface area contributed by atoms with E-state index in [1.165, 1.54) is 0 Å². The van der Waals surface area contributed by atoms with Gasteiger partial charge in [0, 0.05) is 43.0 Å². The molecule has 3 heterocycles. The molecule has 1 aliphatic rings. The van der Waals surface area contributed by atoms with Crippen LogP contribution in [0.15, 0.2) is 63.9 Å². The molecule has 0 atom stereocenters. The maximum Gasteiger partial charge on any atom is 0.242 e. The van der Waals surface area contributed by atoms with Gasteiger partial charge in [-0.05, 0) is 31.2 Å². The van der Waals surface area contributed by atoms with E-state index in [-0.39, 0.29) is 30.3 Å². The first-order valence-electron chi connectivity index (χ1n) is 11.2. The average Bonchev–Trinajstić information content (AvgIpc) is 3.26. The Balaban J connectivity index is 1.26. The average molecular weight is 460 g/mol. The zero-order valence-corrected chi connectivity index (χ0v) is 18.9. The summed E-state index contributed by atoms with van der Waals surface area (Å²) < 4.78 is 6.89. The van der Waals surface area contributed by atoms with Crippen molar-refractivity contribution in [1.82, 2.24) is 19.5 Å². The molecule has 2 amide bonds. The Kier molecular flexibility index (Phi) is 5.85. The number of aromatic nitrogens is 2. The van der Waals surface area contributed by atoms with Crippen molar-refractivity contribution in [3.63, 3.8) is 0 Å². The fourth-order valence-corrected chi connectivity index (χ4v) is 4.45. The zero-order chi connectivity index (χ0) is 23.7. The monoisotopic (exact) mass is 459 g/mol. The largest absolute Gasteiger partial charge is 0.360 e. The van der Waals surface area contributed by atoms with Crippen molar-refractivity contribution in [3.05, 3.63) is 70.6 Å². The van der Waals surface area contributed by atoms with Crippen LogP contribution in [0.25, 0.3) is 21.8 Å². The van der Waals surface area contributed by atoms with Gasteiger partial charge in [-0.1, -0.05) is 29.4 Å². The maximum absolute atomic E-state index is 13.2. The van der Waals surface area contributed by atoms with E-state index < -0.39 is 0 Å². The van der Waals surface area contributed by atoms with Gasteiger partial charge in [0.15, 0.2) is 11.2 Å². The molecule has 5 rings (SSSR count). The molecule has 1 aliphatic heterocycles. The number of benzene rings is 2. The number of aryl methyl sites for hydroxylation is 1. The molecule has 0 aliphatic carbocycles. The molecule has 0 unspecified atom stereocenters. The summed E-state index contributed by atoms with van der Waals surface area (Å²) in [5.74, 6) is 0.850. The van der Waals surface area contributed by atoms with Crippen molar-refractivity contribution in [3.8, 4) is 0 Å². The Bertz CT molecular complexity index is 1370. The van der Waals surface area contributed by atoms with E-state index in [9.17, 15) is 14.4 Å². The number of hydrogen-bond donors (Lipinski definition) is 1. The molecule has 2 aromatic heterocycles. The van der Waals surface area contributed by atoms with Crippen LogP contribution in [-0.2, 0) is 16.1 Å². The number of fused-ring (bicyclic) bond motifs is 2. The third-order valence-electron chi connectivity index (χ3n) is 6.16. The molecule has 1 N–H and O–H groups in total. The summed E-state index contributed by atoms with van der Waals surface area (Å²) in [4.78, 5) is 42.2. The molecule has 9 nitrogen and oxygen atoms in total. The first kappa shape index (κ1) is 21.8. The summed E-state index contributed by atoms with van der Waals surface area (Å²) in [6, 6.07) is 16.5. The molecule has 9 heteroatoms. The number of hydrogen-bond acceptors (Lipinski definition) is 6. The minimum absolute atomic E-state index is 0.0128. The summed E-state index contributed by atoms with van der Waals surface area (Å²) >= 11 is 0. The predicted molar refractivity (Wildman–Crippen MR) is 129 cm³/mol. The van der Waals surface area contributed by atoms with Gasteiger partial charge in [-0.15, -0.1) is 0 Å². The fraction of sp³-hybridized carbons (Fsp3) is 0.280. The van der Waals surface area contributed by atoms with Gasteiger partial charge >= 0.3 is 0 Å². The second-order valence-corrected chi connectivity index (χ2v) is 8.48. The number of nitrogens with one attached hydrogen (secondary N) is 1. The van der Waals surface area contributed by atoms with Crippen molar-refractivity contribution in [2.24, 2.45) is 0 Å². The number of anilines is 1. The SMILES string of the molecule is Cc1cc(NC(=O)CN2CCN(C(=O)Cn3c4ccccc4c(=O)c4ccccc43)CC2)no1. The van der Waals surface area contributed by atoms with Gasteiger partial charge in [0.05, 0.1) is 17.6 Å². The molecular weight excluding hydrogens is 434 g/mol. The molecule has 0 radical (unpaired) electrons. The van der Waals surface area contributed by atoms with Gasteiger partial charge < -0.3 is 19.3 Å². The molecule has 1 fully saturated rings. The van der Waals surface area contributed by atoms with Crippen molar-refractivity contribution in [2.75, 3.05) is 38.0 Å². The van der Waals surface area contributed by atoms with Crippen molar-refractivity contribution < 1.29 is 14.1 Å². The highest BCUT2D eigenvalue weighted by Crippen LogP contribution is 2.19.